The van der Waals surface area contributed by atoms with E-state index in [-0.39, 0.29) is 5.56 Å². The average molecular weight is 421 g/mol. The first kappa shape index (κ1) is 20.4. The fourth-order valence-corrected chi connectivity index (χ4v) is 4.07. The van der Waals surface area contributed by atoms with E-state index in [1.165, 1.54) is 16.7 Å². The Morgan fingerprint density at radius 1 is 1.23 bits per heavy atom. The second kappa shape index (κ2) is 8.07. The van der Waals surface area contributed by atoms with Crippen LogP contribution in [0.15, 0.2) is 46.2 Å². The molecule has 0 saturated carbocycles. The Morgan fingerprint density at radius 3 is 2.67 bits per heavy atom. The van der Waals surface area contributed by atoms with Crippen molar-refractivity contribution in [2.24, 2.45) is 4.99 Å². The van der Waals surface area contributed by atoms with Crippen LogP contribution in [0.2, 0.25) is 5.02 Å². The molecule has 1 aliphatic rings. The fourth-order valence-electron chi connectivity index (χ4n) is 3.94. The molecule has 3 aromatic rings. The van der Waals surface area contributed by atoms with Crippen LogP contribution in [0, 0.1) is 6.92 Å². The quantitative estimate of drug-likeness (QED) is 0.669. The maximum atomic E-state index is 12.6. The molecule has 6 heteroatoms. The van der Waals surface area contributed by atoms with E-state index in [1.54, 1.807) is 0 Å². The van der Waals surface area contributed by atoms with Crippen LogP contribution in [-0.4, -0.2) is 16.5 Å². The summed E-state index contributed by atoms with van der Waals surface area (Å²) < 4.78 is 0. The van der Waals surface area contributed by atoms with E-state index >= 15 is 0 Å². The van der Waals surface area contributed by atoms with Gasteiger partial charge in [0.2, 0.25) is 0 Å². The van der Waals surface area contributed by atoms with Crippen molar-refractivity contribution in [2.75, 3.05) is 11.4 Å². The van der Waals surface area contributed by atoms with Gasteiger partial charge in [-0.2, -0.15) is 0 Å². The molecule has 0 radical (unpaired) electrons. The summed E-state index contributed by atoms with van der Waals surface area (Å²) in [7, 11) is 0. The van der Waals surface area contributed by atoms with Gasteiger partial charge in [-0.3, -0.25) is 4.79 Å². The van der Waals surface area contributed by atoms with Gasteiger partial charge in [0, 0.05) is 11.6 Å². The molecule has 1 unspecified atom stereocenters. The second-order valence-corrected chi connectivity index (χ2v) is 8.25. The van der Waals surface area contributed by atoms with E-state index in [1.807, 2.05) is 12.1 Å². The van der Waals surface area contributed by atoms with Crippen molar-refractivity contribution >= 4 is 35.4 Å². The highest BCUT2D eigenvalue weighted by Gasteiger charge is 2.24. The number of hydrogen-bond donors (Lipinski definition) is 1. The van der Waals surface area contributed by atoms with Gasteiger partial charge < -0.3 is 9.88 Å². The van der Waals surface area contributed by atoms with Gasteiger partial charge in [-0.15, -0.1) is 0 Å². The van der Waals surface area contributed by atoms with Crippen LogP contribution < -0.4 is 21.3 Å². The Hall–Kier alpha value is -2.92. The number of aromatic amines is 1. The SMILES string of the molecule is C=c1nc2c(c(=O)[nH]1)=Nc1cc(CC)c(C)cc1N2CCC(C)c1ccc(Cl)cc1. The molecule has 1 aromatic heterocycles. The number of fused-ring (bicyclic) bond motifs is 2. The Kier molecular flexibility index (Phi) is 5.48. The zero-order valence-corrected chi connectivity index (χ0v) is 18.3. The van der Waals surface area contributed by atoms with Crippen molar-refractivity contribution in [1.82, 2.24) is 9.97 Å². The minimum absolute atomic E-state index is 0.259. The van der Waals surface area contributed by atoms with Crippen molar-refractivity contribution in [3.63, 3.8) is 0 Å². The Bertz CT molecular complexity index is 1260. The Balaban J connectivity index is 1.76. The molecule has 0 amide bonds. The van der Waals surface area contributed by atoms with Gasteiger partial charge in [0.15, 0.2) is 11.2 Å². The smallest absolute Gasteiger partial charge is 0.279 e. The first-order chi connectivity index (χ1) is 14.4. The number of benzene rings is 2. The molecule has 1 aliphatic heterocycles. The maximum Gasteiger partial charge on any atom is 0.279 e. The van der Waals surface area contributed by atoms with E-state index in [9.17, 15) is 4.79 Å². The number of nitrogens with one attached hydrogen (secondary N) is 1. The van der Waals surface area contributed by atoms with Crippen LogP contribution in [0.5, 0.6) is 0 Å². The summed E-state index contributed by atoms with van der Waals surface area (Å²) in [5.41, 5.74) is 5.56. The molecule has 0 saturated heterocycles. The number of halogens is 1. The summed E-state index contributed by atoms with van der Waals surface area (Å²) in [5.74, 6) is 0.897. The molecule has 154 valence electrons. The molecule has 2 heterocycles. The molecule has 1 N–H and O–H groups in total. The van der Waals surface area contributed by atoms with Crippen LogP contribution in [-0.2, 0) is 6.42 Å². The summed E-state index contributed by atoms with van der Waals surface area (Å²) in [6, 6.07) is 12.2. The van der Waals surface area contributed by atoms with E-state index in [0.29, 0.717) is 29.1 Å². The van der Waals surface area contributed by atoms with Gasteiger partial charge in [0.25, 0.3) is 5.56 Å². The van der Waals surface area contributed by atoms with Crippen LogP contribution in [0.1, 0.15) is 42.9 Å². The lowest BCUT2D eigenvalue weighted by atomic mass is 9.97. The number of hydrogen-bond acceptors (Lipinski definition) is 4. The standard InChI is InChI=1S/C24H25ClN4O/c1-5-17-13-20-21(12-15(17)3)29(23-22(28-20)24(30)27-16(4)26-23)11-10-14(2)18-6-8-19(25)9-7-18/h6-9,12-14H,4-5,10-11H2,1-3H3,(H,27,30). The Labute approximate surface area is 180 Å². The highest BCUT2D eigenvalue weighted by atomic mass is 35.5. The van der Waals surface area contributed by atoms with Gasteiger partial charge in [0.05, 0.1) is 11.4 Å². The Morgan fingerprint density at radius 2 is 1.97 bits per heavy atom. The monoisotopic (exact) mass is 420 g/mol. The highest BCUT2D eigenvalue weighted by Crippen LogP contribution is 2.37. The summed E-state index contributed by atoms with van der Waals surface area (Å²) in [6.07, 6.45) is 1.80. The minimum atomic E-state index is -0.259. The van der Waals surface area contributed by atoms with E-state index in [4.69, 9.17) is 11.6 Å². The lowest BCUT2D eigenvalue weighted by Gasteiger charge is -2.29. The molecule has 0 spiro atoms. The van der Waals surface area contributed by atoms with Crippen molar-refractivity contribution < 1.29 is 0 Å². The number of rotatable bonds is 5. The van der Waals surface area contributed by atoms with E-state index in [0.717, 1.165) is 29.2 Å². The molecule has 0 bridgehead atoms. The normalized spacial score (nSPS) is 13.4. The molecule has 1 atom stereocenters. The summed E-state index contributed by atoms with van der Waals surface area (Å²) in [5, 5.41) is 1.08. The van der Waals surface area contributed by atoms with Gasteiger partial charge in [-0.05, 0) is 66.6 Å². The predicted octanol–water partition coefficient (Wildman–Crippen LogP) is 4.30. The predicted molar refractivity (Wildman–Crippen MR) is 123 cm³/mol. The second-order valence-electron chi connectivity index (χ2n) is 7.81. The van der Waals surface area contributed by atoms with Crippen molar-refractivity contribution in [3.8, 4) is 0 Å². The third-order valence-electron chi connectivity index (χ3n) is 5.74. The molecular formula is C24H25ClN4O. The third-order valence-corrected chi connectivity index (χ3v) is 6.00. The minimum Gasteiger partial charge on any atom is -0.322 e. The highest BCUT2D eigenvalue weighted by molar-refractivity contribution is 6.30. The average Bonchev–Trinajstić information content (AvgIpc) is 2.71. The number of anilines is 2. The fraction of sp³-hybridized carbons (Fsp3) is 0.292. The number of aromatic nitrogens is 2. The number of nitrogens with zero attached hydrogens (tertiary/aromatic N) is 3. The molecular weight excluding hydrogens is 396 g/mol. The van der Waals surface area contributed by atoms with Crippen molar-refractivity contribution in [1.29, 1.82) is 0 Å². The molecule has 4 rings (SSSR count). The first-order valence-corrected chi connectivity index (χ1v) is 10.6. The zero-order chi connectivity index (χ0) is 21.4. The van der Waals surface area contributed by atoms with Crippen molar-refractivity contribution in [2.45, 2.75) is 39.5 Å². The summed E-state index contributed by atoms with van der Waals surface area (Å²) in [4.78, 5) is 26.6. The lowest BCUT2D eigenvalue weighted by Crippen LogP contribution is -2.42. The van der Waals surface area contributed by atoms with Crippen LogP contribution in [0.3, 0.4) is 0 Å². The molecule has 30 heavy (non-hydrogen) atoms. The number of aryl methyl sites for hydroxylation is 2. The molecule has 0 aliphatic carbocycles. The van der Waals surface area contributed by atoms with Crippen LogP contribution in [0.4, 0.5) is 17.2 Å². The van der Waals surface area contributed by atoms with Gasteiger partial charge >= 0.3 is 0 Å². The van der Waals surface area contributed by atoms with Gasteiger partial charge in [-0.1, -0.05) is 44.2 Å². The summed E-state index contributed by atoms with van der Waals surface area (Å²) >= 11 is 6.03. The van der Waals surface area contributed by atoms with Crippen molar-refractivity contribution in [3.05, 3.63) is 79.3 Å². The topological polar surface area (TPSA) is 61.4 Å². The zero-order valence-electron chi connectivity index (χ0n) is 17.5. The van der Waals surface area contributed by atoms with Crippen LogP contribution >= 0.6 is 11.6 Å². The van der Waals surface area contributed by atoms with Crippen LogP contribution in [0.25, 0.3) is 6.58 Å². The molecule has 5 nitrogen and oxygen atoms in total. The molecule has 2 aromatic carbocycles. The maximum absolute atomic E-state index is 12.6. The lowest BCUT2D eigenvalue weighted by molar-refractivity contribution is 0.674. The number of H-pyrrole nitrogens is 1. The van der Waals surface area contributed by atoms with E-state index in [2.05, 4.69) is 71.5 Å². The largest absolute Gasteiger partial charge is 0.322 e. The van der Waals surface area contributed by atoms with E-state index < -0.39 is 0 Å². The van der Waals surface area contributed by atoms with Gasteiger partial charge in [-0.25, -0.2) is 9.98 Å². The molecule has 0 fully saturated rings. The summed E-state index contributed by atoms with van der Waals surface area (Å²) in [6.45, 7) is 11.0. The van der Waals surface area contributed by atoms with Gasteiger partial charge in [0.1, 0.15) is 5.48 Å². The first-order valence-electron chi connectivity index (χ1n) is 10.2. The third kappa shape index (κ3) is 3.77.